The molecule has 2 amide bonds. The smallest absolute Gasteiger partial charge is 0.311 e. The third-order valence-electron chi connectivity index (χ3n) is 4.79. The molecule has 2 aliphatic rings. The summed E-state index contributed by atoms with van der Waals surface area (Å²) in [7, 11) is 0. The van der Waals surface area contributed by atoms with Gasteiger partial charge < -0.3 is 15.0 Å². The van der Waals surface area contributed by atoms with Crippen LogP contribution in [-0.4, -0.2) is 67.0 Å². The van der Waals surface area contributed by atoms with Gasteiger partial charge in [-0.2, -0.15) is 0 Å². The van der Waals surface area contributed by atoms with Gasteiger partial charge in [0.2, 0.25) is 0 Å². The molecule has 2 fully saturated rings. The third-order valence-corrected chi connectivity index (χ3v) is 5.51. The van der Waals surface area contributed by atoms with Gasteiger partial charge in [0.1, 0.15) is 12.4 Å². The molecule has 1 atom stereocenters. The molecule has 1 aromatic rings. The van der Waals surface area contributed by atoms with E-state index in [1.54, 1.807) is 4.90 Å². The fraction of sp³-hybridized carbons (Fsp3) is 0.556. The Balaban J connectivity index is 1.39. The van der Waals surface area contributed by atoms with E-state index in [1.807, 2.05) is 24.3 Å². The first-order valence-corrected chi connectivity index (χ1v) is 9.91. The molecule has 0 radical (unpaired) electrons. The molecule has 7 heteroatoms. The SMILES string of the molecule is O=C(NCCOc1ccc(I)cc1)C(=O)N1CCN2CCCCC2C1. The summed E-state index contributed by atoms with van der Waals surface area (Å²) < 4.78 is 6.70. The second-order valence-corrected chi connectivity index (χ2v) is 7.74. The molecular weight excluding hydrogens is 433 g/mol. The Morgan fingerprint density at radius 1 is 1.16 bits per heavy atom. The molecule has 3 rings (SSSR count). The monoisotopic (exact) mass is 457 g/mol. The van der Waals surface area contributed by atoms with E-state index >= 15 is 0 Å². The number of rotatable bonds is 4. The molecule has 1 unspecified atom stereocenters. The summed E-state index contributed by atoms with van der Waals surface area (Å²) in [6.45, 7) is 3.97. The van der Waals surface area contributed by atoms with Crippen LogP contribution >= 0.6 is 22.6 Å². The highest BCUT2D eigenvalue weighted by Crippen LogP contribution is 2.21. The van der Waals surface area contributed by atoms with Crippen LogP contribution in [0.2, 0.25) is 0 Å². The first-order valence-electron chi connectivity index (χ1n) is 8.83. The minimum Gasteiger partial charge on any atom is -0.492 e. The number of carbonyl (C=O) groups is 2. The number of fused-ring (bicyclic) bond motifs is 1. The lowest BCUT2D eigenvalue weighted by atomic mass is 9.99. The predicted molar refractivity (Wildman–Crippen MR) is 103 cm³/mol. The van der Waals surface area contributed by atoms with Gasteiger partial charge in [0.25, 0.3) is 0 Å². The third kappa shape index (κ3) is 5.07. The summed E-state index contributed by atoms with van der Waals surface area (Å²) in [5, 5.41) is 2.66. The van der Waals surface area contributed by atoms with Crippen molar-refractivity contribution >= 4 is 34.4 Å². The number of nitrogens with one attached hydrogen (secondary N) is 1. The fourth-order valence-corrected chi connectivity index (χ4v) is 3.78. The van der Waals surface area contributed by atoms with Gasteiger partial charge in [0, 0.05) is 29.2 Å². The molecule has 0 spiro atoms. The number of halogens is 1. The molecular formula is C18H24IN3O3. The van der Waals surface area contributed by atoms with Crippen molar-refractivity contribution in [3.05, 3.63) is 27.8 Å². The molecule has 1 aromatic carbocycles. The Kier molecular flexibility index (Phi) is 6.52. The molecule has 136 valence electrons. The van der Waals surface area contributed by atoms with Crippen molar-refractivity contribution in [3.63, 3.8) is 0 Å². The van der Waals surface area contributed by atoms with Gasteiger partial charge in [-0.05, 0) is 66.2 Å². The van der Waals surface area contributed by atoms with Crippen LogP contribution < -0.4 is 10.1 Å². The molecule has 25 heavy (non-hydrogen) atoms. The maximum atomic E-state index is 12.3. The molecule has 6 nitrogen and oxygen atoms in total. The van der Waals surface area contributed by atoms with E-state index in [9.17, 15) is 9.59 Å². The zero-order valence-corrected chi connectivity index (χ0v) is 16.4. The van der Waals surface area contributed by atoms with Gasteiger partial charge in [-0.25, -0.2) is 0 Å². The number of ether oxygens (including phenoxy) is 1. The molecule has 2 aliphatic heterocycles. The number of benzene rings is 1. The molecule has 0 bridgehead atoms. The standard InChI is InChI=1S/C18H24IN3O3/c19-14-4-6-16(7-5-14)25-12-8-20-17(23)18(24)22-11-10-21-9-2-1-3-15(21)13-22/h4-7,15H,1-3,8-13H2,(H,20,23). The van der Waals surface area contributed by atoms with Crippen LogP contribution in [0.1, 0.15) is 19.3 Å². The van der Waals surface area contributed by atoms with Gasteiger partial charge in [-0.15, -0.1) is 0 Å². The summed E-state index contributed by atoms with van der Waals surface area (Å²) in [4.78, 5) is 28.6. The number of piperidine rings is 1. The van der Waals surface area contributed by atoms with Crippen LogP contribution in [-0.2, 0) is 9.59 Å². The Morgan fingerprint density at radius 2 is 1.96 bits per heavy atom. The average Bonchev–Trinajstić information content (AvgIpc) is 2.65. The second kappa shape index (κ2) is 8.84. The maximum absolute atomic E-state index is 12.3. The summed E-state index contributed by atoms with van der Waals surface area (Å²) >= 11 is 2.23. The van der Waals surface area contributed by atoms with E-state index in [0.29, 0.717) is 32.3 Å². The van der Waals surface area contributed by atoms with Gasteiger partial charge in [-0.1, -0.05) is 6.42 Å². The van der Waals surface area contributed by atoms with Gasteiger partial charge in [0.15, 0.2) is 0 Å². The second-order valence-electron chi connectivity index (χ2n) is 6.50. The van der Waals surface area contributed by atoms with E-state index in [1.165, 1.54) is 12.8 Å². The van der Waals surface area contributed by atoms with Crippen molar-refractivity contribution < 1.29 is 14.3 Å². The largest absolute Gasteiger partial charge is 0.492 e. The topological polar surface area (TPSA) is 61.9 Å². The van der Waals surface area contributed by atoms with Crippen molar-refractivity contribution in [1.82, 2.24) is 15.1 Å². The Morgan fingerprint density at radius 3 is 2.76 bits per heavy atom. The number of hydrogen-bond donors (Lipinski definition) is 1. The zero-order chi connectivity index (χ0) is 17.6. The number of carbonyl (C=O) groups excluding carboxylic acids is 2. The Hall–Kier alpha value is -1.35. The van der Waals surface area contributed by atoms with Crippen LogP contribution in [0.5, 0.6) is 5.75 Å². The normalized spacial score (nSPS) is 20.7. The highest BCUT2D eigenvalue weighted by Gasteiger charge is 2.33. The minimum atomic E-state index is -0.532. The number of piperazine rings is 1. The van der Waals surface area contributed by atoms with Crippen LogP contribution in [0.3, 0.4) is 0 Å². The highest BCUT2D eigenvalue weighted by atomic mass is 127. The quantitative estimate of drug-likeness (QED) is 0.423. The Bertz CT molecular complexity index is 608. The van der Waals surface area contributed by atoms with Crippen LogP contribution in [0.25, 0.3) is 0 Å². The van der Waals surface area contributed by atoms with Crippen molar-refractivity contribution in [2.45, 2.75) is 25.3 Å². The lowest BCUT2D eigenvalue weighted by Gasteiger charge is -2.43. The first kappa shape index (κ1) is 18.4. The van der Waals surface area contributed by atoms with E-state index in [-0.39, 0.29) is 0 Å². The highest BCUT2D eigenvalue weighted by molar-refractivity contribution is 14.1. The van der Waals surface area contributed by atoms with Gasteiger partial charge in [-0.3, -0.25) is 14.5 Å². The molecule has 2 saturated heterocycles. The van der Waals surface area contributed by atoms with E-state index in [4.69, 9.17) is 4.74 Å². The summed E-state index contributed by atoms with van der Waals surface area (Å²) in [6.07, 6.45) is 3.58. The number of nitrogens with zero attached hydrogens (tertiary/aromatic N) is 2. The van der Waals surface area contributed by atoms with Crippen LogP contribution in [0.4, 0.5) is 0 Å². The number of amides is 2. The molecule has 2 heterocycles. The van der Waals surface area contributed by atoms with Crippen molar-refractivity contribution in [1.29, 1.82) is 0 Å². The summed E-state index contributed by atoms with van der Waals surface area (Å²) in [6, 6.07) is 8.12. The average molecular weight is 457 g/mol. The molecule has 1 N–H and O–H groups in total. The summed E-state index contributed by atoms with van der Waals surface area (Å²) in [5.74, 6) is -0.190. The number of hydrogen-bond acceptors (Lipinski definition) is 4. The van der Waals surface area contributed by atoms with Crippen molar-refractivity contribution in [2.75, 3.05) is 39.3 Å². The lowest BCUT2D eigenvalue weighted by molar-refractivity contribution is -0.148. The van der Waals surface area contributed by atoms with E-state index in [0.717, 1.165) is 28.8 Å². The van der Waals surface area contributed by atoms with E-state index in [2.05, 4.69) is 32.8 Å². The minimum absolute atomic E-state index is 0.319. The maximum Gasteiger partial charge on any atom is 0.311 e. The Labute approximate surface area is 162 Å². The van der Waals surface area contributed by atoms with Gasteiger partial charge in [0.05, 0.1) is 6.54 Å². The zero-order valence-electron chi connectivity index (χ0n) is 14.2. The van der Waals surface area contributed by atoms with Gasteiger partial charge >= 0.3 is 11.8 Å². The molecule has 0 aliphatic carbocycles. The first-order chi connectivity index (χ1) is 12.1. The fourth-order valence-electron chi connectivity index (χ4n) is 3.42. The van der Waals surface area contributed by atoms with Crippen LogP contribution in [0, 0.1) is 3.57 Å². The molecule has 0 aromatic heterocycles. The lowest BCUT2D eigenvalue weighted by Crippen LogP contribution is -2.58. The predicted octanol–water partition coefficient (Wildman–Crippen LogP) is 1.48. The van der Waals surface area contributed by atoms with Crippen molar-refractivity contribution in [3.8, 4) is 5.75 Å². The van der Waals surface area contributed by atoms with E-state index < -0.39 is 11.8 Å². The van der Waals surface area contributed by atoms with Crippen molar-refractivity contribution in [2.24, 2.45) is 0 Å². The van der Waals surface area contributed by atoms with Crippen LogP contribution in [0.15, 0.2) is 24.3 Å². The summed E-state index contributed by atoms with van der Waals surface area (Å²) in [5.41, 5.74) is 0. The molecule has 0 saturated carbocycles.